The maximum atomic E-state index is 5.99. The fourth-order valence-corrected chi connectivity index (χ4v) is 2.99. The van der Waals surface area contributed by atoms with Crippen LogP contribution in [0.2, 0.25) is 0 Å². The van der Waals surface area contributed by atoms with Gasteiger partial charge in [0.05, 0.1) is 5.88 Å². The van der Waals surface area contributed by atoms with E-state index in [1.807, 2.05) is 4.57 Å². The molecule has 2 heterocycles. The molecule has 0 amide bonds. The second-order valence-corrected chi connectivity index (χ2v) is 5.89. The van der Waals surface area contributed by atoms with Gasteiger partial charge in [0.2, 0.25) is 0 Å². The van der Waals surface area contributed by atoms with Crippen molar-refractivity contribution in [3.8, 4) is 5.69 Å². The number of rotatable bonds is 4. The van der Waals surface area contributed by atoms with Crippen molar-refractivity contribution in [1.82, 2.24) is 14.8 Å². The SMILES string of the molecule is Cc1ccc(-n2c(CCl)nnc2Cc2cccs2)cc1. The molecule has 0 spiro atoms. The summed E-state index contributed by atoms with van der Waals surface area (Å²) in [6.07, 6.45) is 0.773. The first-order valence-corrected chi connectivity index (χ1v) is 7.78. The minimum absolute atomic E-state index is 0.352. The molecule has 3 nitrogen and oxygen atoms in total. The molecule has 0 aliphatic carbocycles. The Balaban J connectivity index is 2.03. The van der Waals surface area contributed by atoms with E-state index in [0.29, 0.717) is 5.88 Å². The summed E-state index contributed by atoms with van der Waals surface area (Å²) in [7, 11) is 0. The number of aryl methyl sites for hydroxylation is 1. The molecule has 0 aliphatic rings. The van der Waals surface area contributed by atoms with Gasteiger partial charge < -0.3 is 0 Å². The Morgan fingerprint density at radius 3 is 2.50 bits per heavy atom. The molecule has 0 atom stereocenters. The van der Waals surface area contributed by atoms with E-state index in [9.17, 15) is 0 Å². The number of hydrogen-bond acceptors (Lipinski definition) is 3. The molecule has 0 N–H and O–H groups in total. The van der Waals surface area contributed by atoms with E-state index in [1.165, 1.54) is 10.4 Å². The topological polar surface area (TPSA) is 30.7 Å². The fraction of sp³-hybridized carbons (Fsp3) is 0.200. The summed E-state index contributed by atoms with van der Waals surface area (Å²) in [4.78, 5) is 1.27. The highest BCUT2D eigenvalue weighted by Crippen LogP contribution is 2.19. The fourth-order valence-electron chi connectivity index (χ4n) is 2.12. The summed E-state index contributed by atoms with van der Waals surface area (Å²) in [6.45, 7) is 2.07. The first-order chi connectivity index (χ1) is 9.78. The number of alkyl halides is 1. The minimum atomic E-state index is 0.352. The number of thiophene rings is 1. The Morgan fingerprint density at radius 1 is 1.10 bits per heavy atom. The molecule has 0 saturated heterocycles. The third kappa shape index (κ3) is 2.62. The molecule has 5 heteroatoms. The average molecular weight is 304 g/mol. The first kappa shape index (κ1) is 13.3. The molecular formula is C15H14ClN3S. The summed E-state index contributed by atoms with van der Waals surface area (Å²) in [6, 6.07) is 12.5. The monoisotopic (exact) mass is 303 g/mol. The summed E-state index contributed by atoms with van der Waals surface area (Å²) in [5.41, 5.74) is 2.29. The Labute approximate surface area is 126 Å². The van der Waals surface area contributed by atoms with Crippen molar-refractivity contribution >= 4 is 22.9 Å². The van der Waals surface area contributed by atoms with Gasteiger partial charge in [-0.05, 0) is 30.5 Å². The molecule has 3 rings (SSSR count). The lowest BCUT2D eigenvalue weighted by Crippen LogP contribution is -2.04. The second kappa shape index (κ2) is 5.77. The second-order valence-electron chi connectivity index (χ2n) is 4.59. The highest BCUT2D eigenvalue weighted by atomic mass is 35.5. The zero-order valence-corrected chi connectivity index (χ0v) is 12.7. The first-order valence-electron chi connectivity index (χ1n) is 6.36. The van der Waals surface area contributed by atoms with E-state index in [4.69, 9.17) is 11.6 Å². The maximum absolute atomic E-state index is 5.99. The van der Waals surface area contributed by atoms with Gasteiger partial charge in [0.25, 0.3) is 0 Å². The molecule has 0 aliphatic heterocycles. The maximum Gasteiger partial charge on any atom is 0.152 e. The summed E-state index contributed by atoms with van der Waals surface area (Å²) in [5, 5.41) is 10.6. The molecule has 0 fully saturated rings. The van der Waals surface area contributed by atoms with Crippen molar-refractivity contribution in [1.29, 1.82) is 0 Å². The molecule has 20 heavy (non-hydrogen) atoms. The van der Waals surface area contributed by atoms with Crippen molar-refractivity contribution in [3.63, 3.8) is 0 Å². The van der Waals surface area contributed by atoms with E-state index in [2.05, 4.69) is 58.9 Å². The largest absolute Gasteiger partial charge is 0.282 e. The lowest BCUT2D eigenvalue weighted by molar-refractivity contribution is 0.892. The van der Waals surface area contributed by atoms with Crippen LogP contribution in [0, 0.1) is 6.92 Å². The highest BCUT2D eigenvalue weighted by Gasteiger charge is 2.13. The van der Waals surface area contributed by atoms with Gasteiger partial charge in [-0.1, -0.05) is 23.8 Å². The summed E-state index contributed by atoms with van der Waals surface area (Å²) < 4.78 is 2.05. The number of hydrogen-bond donors (Lipinski definition) is 0. The quantitative estimate of drug-likeness (QED) is 0.683. The van der Waals surface area contributed by atoms with Crippen molar-refractivity contribution in [2.24, 2.45) is 0 Å². The van der Waals surface area contributed by atoms with Gasteiger partial charge in [0.15, 0.2) is 5.82 Å². The molecule has 3 aromatic rings. The van der Waals surface area contributed by atoms with Crippen LogP contribution in [0.25, 0.3) is 5.69 Å². The van der Waals surface area contributed by atoms with Gasteiger partial charge in [0.1, 0.15) is 5.82 Å². The third-order valence-corrected chi connectivity index (χ3v) is 4.24. The molecule has 0 saturated carbocycles. The van der Waals surface area contributed by atoms with Crippen LogP contribution < -0.4 is 0 Å². The highest BCUT2D eigenvalue weighted by molar-refractivity contribution is 7.09. The van der Waals surface area contributed by atoms with Crippen molar-refractivity contribution < 1.29 is 0 Å². The van der Waals surface area contributed by atoms with Crippen molar-refractivity contribution in [3.05, 3.63) is 63.9 Å². The number of halogens is 1. The normalized spacial score (nSPS) is 10.9. The lowest BCUT2D eigenvalue weighted by Gasteiger charge is -2.09. The predicted octanol–water partition coefficient (Wildman–Crippen LogP) is 3.97. The smallest absolute Gasteiger partial charge is 0.152 e. The number of benzene rings is 1. The van der Waals surface area contributed by atoms with Gasteiger partial charge in [-0.3, -0.25) is 4.57 Å². The minimum Gasteiger partial charge on any atom is -0.282 e. The van der Waals surface area contributed by atoms with Gasteiger partial charge in [-0.2, -0.15) is 0 Å². The Hall–Kier alpha value is -1.65. The van der Waals surface area contributed by atoms with Gasteiger partial charge in [-0.15, -0.1) is 33.1 Å². The van der Waals surface area contributed by atoms with Gasteiger partial charge in [0, 0.05) is 17.0 Å². The molecular weight excluding hydrogens is 290 g/mol. The number of aromatic nitrogens is 3. The van der Waals surface area contributed by atoms with E-state index in [-0.39, 0.29) is 0 Å². The Kier molecular flexibility index (Phi) is 3.85. The molecule has 102 valence electrons. The van der Waals surface area contributed by atoms with Crippen molar-refractivity contribution in [2.45, 2.75) is 19.2 Å². The zero-order valence-electron chi connectivity index (χ0n) is 11.1. The van der Waals surface area contributed by atoms with E-state index in [0.717, 1.165) is 23.8 Å². The van der Waals surface area contributed by atoms with Crippen molar-refractivity contribution in [2.75, 3.05) is 0 Å². The summed E-state index contributed by atoms with van der Waals surface area (Å²) in [5.74, 6) is 2.06. The molecule has 0 radical (unpaired) electrons. The van der Waals surface area contributed by atoms with Crippen LogP contribution >= 0.6 is 22.9 Å². The van der Waals surface area contributed by atoms with E-state index >= 15 is 0 Å². The third-order valence-electron chi connectivity index (χ3n) is 3.12. The van der Waals surface area contributed by atoms with Gasteiger partial charge in [-0.25, -0.2) is 0 Å². The molecule has 0 unspecified atom stereocenters. The molecule has 1 aromatic carbocycles. The predicted molar refractivity (Wildman–Crippen MR) is 82.8 cm³/mol. The van der Waals surface area contributed by atoms with Crippen LogP contribution in [0.5, 0.6) is 0 Å². The van der Waals surface area contributed by atoms with Crippen LogP contribution in [-0.4, -0.2) is 14.8 Å². The van der Waals surface area contributed by atoms with E-state index < -0.39 is 0 Å². The molecule has 2 aromatic heterocycles. The van der Waals surface area contributed by atoms with E-state index in [1.54, 1.807) is 11.3 Å². The number of nitrogens with zero attached hydrogens (tertiary/aromatic N) is 3. The van der Waals surface area contributed by atoms with Crippen LogP contribution in [0.4, 0.5) is 0 Å². The van der Waals surface area contributed by atoms with Gasteiger partial charge >= 0.3 is 0 Å². The van der Waals surface area contributed by atoms with Crippen LogP contribution in [0.3, 0.4) is 0 Å². The van der Waals surface area contributed by atoms with Crippen LogP contribution in [0.15, 0.2) is 41.8 Å². The summed E-state index contributed by atoms with van der Waals surface area (Å²) >= 11 is 7.71. The lowest BCUT2D eigenvalue weighted by atomic mass is 10.2. The zero-order chi connectivity index (χ0) is 13.9. The molecule has 0 bridgehead atoms. The Morgan fingerprint density at radius 2 is 1.85 bits per heavy atom. The van der Waals surface area contributed by atoms with Crippen LogP contribution in [0.1, 0.15) is 22.1 Å². The average Bonchev–Trinajstić information content (AvgIpc) is 3.10. The Bertz CT molecular complexity index is 686. The standard InChI is InChI=1S/C15H14ClN3S/c1-11-4-6-12(7-5-11)19-14(17-18-15(19)10-16)9-13-3-2-8-20-13/h2-8H,9-10H2,1H3. The van der Waals surface area contributed by atoms with Crippen LogP contribution in [-0.2, 0) is 12.3 Å².